The van der Waals surface area contributed by atoms with Crippen molar-refractivity contribution < 1.29 is 32.7 Å². The highest BCUT2D eigenvalue weighted by atomic mass is 32.2. The number of hydrogen-bond donors (Lipinski definition) is 2. The molecule has 0 aliphatic carbocycles. The second-order valence-electron chi connectivity index (χ2n) is 3.88. The van der Waals surface area contributed by atoms with Crippen LogP contribution in [0.4, 0.5) is 0 Å². The van der Waals surface area contributed by atoms with Crippen molar-refractivity contribution >= 4 is 33.7 Å². The topological polar surface area (TPSA) is 154 Å². The van der Waals surface area contributed by atoms with Gasteiger partial charge in [-0.15, -0.1) is 0 Å². The van der Waals surface area contributed by atoms with Crippen LogP contribution >= 0.6 is 0 Å². The Bertz CT molecular complexity index is 535. The lowest BCUT2D eigenvalue weighted by atomic mass is 10.1. The third-order valence-corrected chi connectivity index (χ3v) is 3.89. The van der Waals surface area contributed by atoms with E-state index in [0.717, 1.165) is 0 Å². The van der Waals surface area contributed by atoms with Crippen LogP contribution in [-0.2, 0) is 24.2 Å². The number of ketones is 1. The summed E-state index contributed by atoms with van der Waals surface area (Å²) in [4.78, 5) is 35.8. The molecule has 0 aromatic carbocycles. The second kappa shape index (κ2) is 8.18. The molecule has 0 rings (SSSR count). The number of rotatable bonds is 9. The van der Waals surface area contributed by atoms with Crippen molar-refractivity contribution in [3.05, 3.63) is 5.53 Å². The number of sulfone groups is 1. The van der Waals surface area contributed by atoms with Gasteiger partial charge in [-0.2, -0.15) is 4.79 Å². The molecule has 0 radical (unpaired) electrons. The summed E-state index contributed by atoms with van der Waals surface area (Å²) in [6.07, 6.45) is 0.113. The SMILES string of the molecule is CCS(=O)(=O)CC(=O)N[C@@H](CCC(=O)C=[N+]=[N-])C(=O)O. The predicted octanol–water partition coefficient (Wildman–Crippen LogP) is -1.36. The van der Waals surface area contributed by atoms with Gasteiger partial charge in [-0.05, 0) is 6.42 Å². The zero-order valence-electron chi connectivity index (χ0n) is 10.8. The fourth-order valence-electron chi connectivity index (χ4n) is 1.21. The summed E-state index contributed by atoms with van der Waals surface area (Å²) in [6, 6.07) is -1.38. The third kappa shape index (κ3) is 7.39. The highest BCUT2D eigenvalue weighted by Gasteiger charge is 2.23. The smallest absolute Gasteiger partial charge is 0.326 e. The van der Waals surface area contributed by atoms with Gasteiger partial charge in [0.05, 0.1) is 0 Å². The minimum Gasteiger partial charge on any atom is -0.480 e. The normalized spacial score (nSPS) is 12.1. The van der Waals surface area contributed by atoms with E-state index < -0.39 is 39.3 Å². The number of Topliss-reactive ketones (excluding diaryl/α,β-unsaturated/α-hetero) is 1. The molecule has 0 saturated heterocycles. The van der Waals surface area contributed by atoms with Crippen molar-refractivity contribution in [3.63, 3.8) is 0 Å². The van der Waals surface area contributed by atoms with Gasteiger partial charge in [0.15, 0.2) is 9.84 Å². The van der Waals surface area contributed by atoms with Crippen molar-refractivity contribution in [2.45, 2.75) is 25.8 Å². The van der Waals surface area contributed by atoms with Crippen LogP contribution in [0.1, 0.15) is 19.8 Å². The first-order valence-corrected chi connectivity index (χ1v) is 7.46. The first-order chi connectivity index (χ1) is 9.21. The number of amides is 1. The fraction of sp³-hybridized carbons (Fsp3) is 0.600. The molecular weight excluding hydrogens is 290 g/mol. The summed E-state index contributed by atoms with van der Waals surface area (Å²) < 4.78 is 22.4. The van der Waals surface area contributed by atoms with Gasteiger partial charge >= 0.3 is 12.2 Å². The first kappa shape index (κ1) is 17.9. The molecule has 10 heteroatoms. The largest absolute Gasteiger partial charge is 0.480 e. The maximum Gasteiger partial charge on any atom is 0.326 e. The van der Waals surface area contributed by atoms with E-state index in [9.17, 15) is 22.8 Å². The summed E-state index contributed by atoms with van der Waals surface area (Å²) in [5.41, 5.74) is 8.11. The van der Waals surface area contributed by atoms with Crippen molar-refractivity contribution in [3.8, 4) is 0 Å². The van der Waals surface area contributed by atoms with Crippen LogP contribution in [0, 0.1) is 0 Å². The molecule has 0 aromatic heterocycles. The summed E-state index contributed by atoms with van der Waals surface area (Å²) in [7, 11) is -3.56. The van der Waals surface area contributed by atoms with E-state index in [1.807, 2.05) is 5.32 Å². The summed E-state index contributed by atoms with van der Waals surface area (Å²) >= 11 is 0. The van der Waals surface area contributed by atoms with Crippen LogP contribution in [-0.4, -0.2) is 59.7 Å². The molecule has 0 aromatic rings. The molecule has 0 spiro atoms. The average molecular weight is 305 g/mol. The van der Waals surface area contributed by atoms with Crippen LogP contribution in [0.3, 0.4) is 0 Å². The van der Waals surface area contributed by atoms with Crippen LogP contribution < -0.4 is 5.32 Å². The van der Waals surface area contributed by atoms with Gasteiger partial charge in [0.2, 0.25) is 11.7 Å². The van der Waals surface area contributed by atoms with Gasteiger partial charge in [0, 0.05) is 12.2 Å². The van der Waals surface area contributed by atoms with E-state index in [0.29, 0.717) is 6.21 Å². The fourth-order valence-corrected chi connectivity index (χ4v) is 1.90. The molecule has 0 saturated carbocycles. The number of carbonyl (C=O) groups is 3. The number of carbonyl (C=O) groups excluding carboxylic acids is 2. The Kier molecular flexibility index (Phi) is 7.34. The van der Waals surface area contributed by atoms with E-state index in [-0.39, 0.29) is 18.6 Å². The molecule has 0 aliphatic rings. The van der Waals surface area contributed by atoms with Crippen molar-refractivity contribution in [1.82, 2.24) is 5.32 Å². The number of aliphatic carboxylic acids is 1. The number of nitrogens with one attached hydrogen (secondary N) is 1. The van der Waals surface area contributed by atoms with E-state index >= 15 is 0 Å². The Hall–Kier alpha value is -2.06. The highest BCUT2D eigenvalue weighted by molar-refractivity contribution is 7.92. The summed E-state index contributed by atoms with van der Waals surface area (Å²) in [5.74, 6) is -3.99. The zero-order valence-corrected chi connectivity index (χ0v) is 11.6. The van der Waals surface area contributed by atoms with Gasteiger partial charge < -0.3 is 16.0 Å². The molecule has 9 nitrogen and oxygen atoms in total. The Morgan fingerprint density at radius 3 is 2.45 bits per heavy atom. The minimum atomic E-state index is -3.56. The standard InChI is InChI=1S/C10H15N3O6S/c1-2-20(18,19)6-9(15)13-8(10(16)17)4-3-7(14)5-12-11/h5,8H,2-4,6H2,1H3,(H,13,15)(H,16,17)/t8-/m0/s1. The molecule has 1 amide bonds. The van der Waals surface area contributed by atoms with E-state index in [1.54, 1.807) is 0 Å². The number of hydrogen-bond acceptors (Lipinski definition) is 5. The first-order valence-electron chi connectivity index (χ1n) is 5.64. The van der Waals surface area contributed by atoms with Crippen molar-refractivity contribution in [2.75, 3.05) is 11.5 Å². The quantitative estimate of drug-likeness (QED) is 0.304. The van der Waals surface area contributed by atoms with E-state index in [2.05, 4.69) is 4.79 Å². The molecule has 0 unspecified atom stereocenters. The Morgan fingerprint density at radius 2 is 2.00 bits per heavy atom. The summed E-state index contributed by atoms with van der Waals surface area (Å²) in [5, 5.41) is 10.9. The monoisotopic (exact) mass is 305 g/mol. The Labute approximate surface area is 115 Å². The molecule has 112 valence electrons. The second-order valence-corrected chi connectivity index (χ2v) is 6.24. The van der Waals surface area contributed by atoms with Crippen LogP contribution in [0.5, 0.6) is 0 Å². The highest BCUT2D eigenvalue weighted by Crippen LogP contribution is 1.99. The lowest BCUT2D eigenvalue weighted by Gasteiger charge is -2.13. The third-order valence-electron chi connectivity index (χ3n) is 2.31. The molecule has 2 N–H and O–H groups in total. The molecule has 1 atom stereocenters. The number of carboxylic acid groups (broad SMARTS) is 1. The number of nitrogens with zero attached hydrogens (tertiary/aromatic N) is 2. The van der Waals surface area contributed by atoms with Crippen LogP contribution in [0.25, 0.3) is 5.53 Å². The van der Waals surface area contributed by atoms with Gasteiger partial charge in [-0.25, -0.2) is 13.2 Å². The lowest BCUT2D eigenvalue weighted by Crippen LogP contribution is -2.43. The van der Waals surface area contributed by atoms with Crippen LogP contribution in [0.2, 0.25) is 0 Å². The van der Waals surface area contributed by atoms with Gasteiger partial charge in [0.1, 0.15) is 11.8 Å². The molecule has 0 fully saturated rings. The molecule has 0 heterocycles. The maximum absolute atomic E-state index is 11.4. The van der Waals surface area contributed by atoms with Crippen molar-refractivity contribution in [1.29, 1.82) is 0 Å². The van der Waals surface area contributed by atoms with Crippen LogP contribution in [0.15, 0.2) is 0 Å². The lowest BCUT2D eigenvalue weighted by molar-refractivity contribution is -0.141. The Balaban J connectivity index is 4.56. The van der Waals surface area contributed by atoms with E-state index in [1.165, 1.54) is 6.92 Å². The van der Waals surface area contributed by atoms with Gasteiger partial charge in [-0.3, -0.25) is 9.59 Å². The minimum absolute atomic E-state index is 0.233. The number of carboxylic acids is 1. The average Bonchev–Trinajstić information content (AvgIpc) is 2.33. The molecule has 20 heavy (non-hydrogen) atoms. The van der Waals surface area contributed by atoms with Gasteiger partial charge in [0.25, 0.3) is 0 Å². The van der Waals surface area contributed by atoms with E-state index in [4.69, 9.17) is 10.6 Å². The van der Waals surface area contributed by atoms with Crippen molar-refractivity contribution in [2.24, 2.45) is 0 Å². The zero-order chi connectivity index (χ0) is 15.8. The molecule has 0 aliphatic heterocycles. The van der Waals surface area contributed by atoms with Gasteiger partial charge in [-0.1, -0.05) is 6.92 Å². The maximum atomic E-state index is 11.4. The molecular formula is C10H15N3O6S. The Morgan fingerprint density at radius 1 is 1.40 bits per heavy atom. The predicted molar refractivity (Wildman–Crippen MR) is 67.8 cm³/mol. The summed E-state index contributed by atoms with van der Waals surface area (Å²) in [6.45, 7) is 1.37. The molecule has 0 bridgehead atoms.